The maximum Gasteiger partial charge on any atom is 0.416 e. The maximum absolute atomic E-state index is 13.3. The number of rotatable bonds is 4. The molecule has 2 aromatic rings. The van der Waals surface area contributed by atoms with Crippen LogP contribution in [-0.2, 0) is 23.9 Å². The number of amides is 1. The van der Waals surface area contributed by atoms with Crippen molar-refractivity contribution < 1.29 is 18.0 Å². The molecule has 0 unspecified atom stereocenters. The van der Waals surface area contributed by atoms with Gasteiger partial charge in [-0.15, -0.1) is 0 Å². The van der Waals surface area contributed by atoms with Crippen LogP contribution in [0.3, 0.4) is 0 Å². The molecule has 7 heteroatoms. The third-order valence-corrected chi connectivity index (χ3v) is 6.63. The maximum atomic E-state index is 13.3. The first kappa shape index (κ1) is 20.4. The Hall–Kier alpha value is -2.54. The predicted octanol–water partition coefficient (Wildman–Crippen LogP) is 3.85. The van der Waals surface area contributed by atoms with Gasteiger partial charge in [-0.3, -0.25) is 9.69 Å². The van der Waals surface area contributed by atoms with Crippen molar-refractivity contribution >= 4 is 11.6 Å². The average Bonchev–Trinajstić information content (AvgIpc) is 3.56. The second kappa shape index (κ2) is 7.86. The van der Waals surface area contributed by atoms with E-state index in [9.17, 15) is 18.0 Å². The minimum absolute atomic E-state index is 0.0258. The summed E-state index contributed by atoms with van der Waals surface area (Å²) >= 11 is 0. The van der Waals surface area contributed by atoms with Crippen LogP contribution >= 0.6 is 0 Å². The Morgan fingerprint density at radius 2 is 1.84 bits per heavy atom. The van der Waals surface area contributed by atoms with E-state index in [1.807, 2.05) is 18.2 Å². The van der Waals surface area contributed by atoms with E-state index in [2.05, 4.69) is 27.2 Å². The SMILES string of the molecule is O=C(NC1CC1)[C@@H]1Cc2cc(C(F)(F)F)ccc2N2CCN(Cc3ccccc3)C[C@H]12. The highest BCUT2D eigenvalue weighted by Gasteiger charge is 2.43. The Kier molecular flexibility index (Phi) is 5.16. The number of nitrogens with one attached hydrogen (secondary N) is 1. The zero-order chi connectivity index (χ0) is 21.6. The van der Waals surface area contributed by atoms with Crippen molar-refractivity contribution in [1.29, 1.82) is 0 Å². The first-order chi connectivity index (χ1) is 14.9. The monoisotopic (exact) mass is 429 g/mol. The fraction of sp³-hybridized carbons (Fsp3) is 0.458. The van der Waals surface area contributed by atoms with E-state index >= 15 is 0 Å². The van der Waals surface area contributed by atoms with Crippen molar-refractivity contribution in [2.45, 2.75) is 44.1 Å². The van der Waals surface area contributed by atoms with E-state index in [0.717, 1.165) is 44.2 Å². The smallest absolute Gasteiger partial charge is 0.365 e. The second-order valence-corrected chi connectivity index (χ2v) is 8.92. The third-order valence-electron chi connectivity index (χ3n) is 6.63. The van der Waals surface area contributed by atoms with Gasteiger partial charge >= 0.3 is 6.18 Å². The van der Waals surface area contributed by atoms with E-state index in [1.165, 1.54) is 11.6 Å². The van der Waals surface area contributed by atoms with Gasteiger partial charge in [-0.2, -0.15) is 13.2 Å². The highest BCUT2D eigenvalue weighted by atomic mass is 19.4. The van der Waals surface area contributed by atoms with Crippen LogP contribution in [0.25, 0.3) is 0 Å². The van der Waals surface area contributed by atoms with Crippen LogP contribution in [0, 0.1) is 5.92 Å². The van der Waals surface area contributed by atoms with Gasteiger partial charge in [0.25, 0.3) is 0 Å². The summed E-state index contributed by atoms with van der Waals surface area (Å²) in [5, 5.41) is 3.09. The fourth-order valence-corrected chi connectivity index (χ4v) is 4.88. The van der Waals surface area contributed by atoms with Crippen molar-refractivity contribution in [3.8, 4) is 0 Å². The number of hydrogen-bond acceptors (Lipinski definition) is 3. The molecule has 3 aliphatic rings. The van der Waals surface area contributed by atoms with Gasteiger partial charge < -0.3 is 10.2 Å². The Bertz CT molecular complexity index is 958. The van der Waals surface area contributed by atoms with Crippen molar-refractivity contribution in [2.24, 2.45) is 5.92 Å². The molecule has 164 valence electrons. The van der Waals surface area contributed by atoms with E-state index < -0.39 is 11.7 Å². The summed E-state index contributed by atoms with van der Waals surface area (Å²) in [4.78, 5) is 17.6. The Morgan fingerprint density at radius 3 is 2.55 bits per heavy atom. The molecule has 2 aliphatic heterocycles. The Balaban J connectivity index is 1.42. The number of halogens is 3. The number of anilines is 1. The van der Waals surface area contributed by atoms with Gasteiger partial charge in [-0.1, -0.05) is 30.3 Å². The largest absolute Gasteiger partial charge is 0.416 e. The number of alkyl halides is 3. The van der Waals surface area contributed by atoms with Gasteiger partial charge in [0.15, 0.2) is 0 Å². The molecule has 1 saturated carbocycles. The molecule has 0 spiro atoms. The zero-order valence-corrected chi connectivity index (χ0v) is 17.2. The number of carbonyl (C=O) groups is 1. The quantitative estimate of drug-likeness (QED) is 0.802. The minimum atomic E-state index is -4.38. The van der Waals surface area contributed by atoms with Gasteiger partial charge in [-0.25, -0.2) is 0 Å². The standard InChI is InChI=1S/C24H26F3N3O/c25-24(26,27)18-6-9-21-17(12-18)13-20(23(31)28-19-7-8-19)22-15-29(10-11-30(21)22)14-16-4-2-1-3-5-16/h1-6,9,12,19-20,22H,7-8,10-11,13-15H2,(H,28,31)/t20-,22-/m1/s1. The molecule has 2 heterocycles. The molecule has 0 bridgehead atoms. The topological polar surface area (TPSA) is 35.6 Å². The first-order valence-electron chi connectivity index (χ1n) is 10.9. The summed E-state index contributed by atoms with van der Waals surface area (Å²) in [6.07, 6.45) is -2.06. The summed E-state index contributed by atoms with van der Waals surface area (Å²) in [6.45, 7) is 3.03. The third kappa shape index (κ3) is 4.28. The lowest BCUT2D eigenvalue weighted by Gasteiger charge is -2.49. The number of nitrogens with zero attached hydrogens (tertiary/aromatic N) is 2. The lowest BCUT2D eigenvalue weighted by Crippen LogP contribution is -2.61. The summed E-state index contributed by atoms with van der Waals surface area (Å²) in [5.41, 5.74) is 2.04. The number of fused-ring (bicyclic) bond motifs is 3. The summed E-state index contributed by atoms with van der Waals surface area (Å²) < 4.78 is 39.9. The molecule has 2 fully saturated rings. The van der Waals surface area contributed by atoms with E-state index in [0.29, 0.717) is 18.5 Å². The van der Waals surface area contributed by atoms with Gasteiger partial charge in [0.1, 0.15) is 0 Å². The lowest BCUT2D eigenvalue weighted by atomic mass is 9.82. The molecule has 4 nitrogen and oxygen atoms in total. The number of benzene rings is 2. The zero-order valence-electron chi connectivity index (χ0n) is 17.2. The van der Waals surface area contributed by atoms with E-state index in [-0.39, 0.29) is 23.9 Å². The van der Waals surface area contributed by atoms with Crippen LogP contribution < -0.4 is 10.2 Å². The van der Waals surface area contributed by atoms with Crippen LogP contribution in [-0.4, -0.2) is 42.5 Å². The predicted molar refractivity (Wildman–Crippen MR) is 113 cm³/mol. The van der Waals surface area contributed by atoms with Crippen molar-refractivity contribution in [3.63, 3.8) is 0 Å². The number of hydrogen-bond donors (Lipinski definition) is 1. The van der Waals surface area contributed by atoms with Gasteiger partial charge in [0.2, 0.25) is 5.91 Å². The number of carbonyl (C=O) groups excluding carboxylic acids is 1. The normalized spacial score (nSPS) is 23.8. The lowest BCUT2D eigenvalue weighted by molar-refractivity contribution is -0.137. The van der Waals surface area contributed by atoms with Crippen LogP contribution in [0.2, 0.25) is 0 Å². The van der Waals surface area contributed by atoms with Crippen LogP contribution in [0.5, 0.6) is 0 Å². The molecule has 1 amide bonds. The Labute approximate surface area is 180 Å². The van der Waals surface area contributed by atoms with Crippen molar-refractivity contribution in [2.75, 3.05) is 24.5 Å². The van der Waals surface area contributed by atoms with Crippen LogP contribution in [0.1, 0.15) is 29.5 Å². The summed E-state index contributed by atoms with van der Waals surface area (Å²) in [6, 6.07) is 14.4. The molecule has 2 aromatic carbocycles. The Morgan fingerprint density at radius 1 is 1.06 bits per heavy atom. The molecular weight excluding hydrogens is 403 g/mol. The van der Waals surface area contributed by atoms with Crippen molar-refractivity contribution in [3.05, 3.63) is 65.2 Å². The fourth-order valence-electron chi connectivity index (χ4n) is 4.88. The molecular formula is C24H26F3N3O. The highest BCUT2D eigenvalue weighted by Crippen LogP contribution is 2.40. The summed E-state index contributed by atoms with van der Waals surface area (Å²) in [7, 11) is 0. The minimum Gasteiger partial charge on any atom is -0.365 e. The molecule has 31 heavy (non-hydrogen) atoms. The second-order valence-electron chi connectivity index (χ2n) is 8.92. The highest BCUT2D eigenvalue weighted by molar-refractivity contribution is 5.82. The van der Waals surface area contributed by atoms with Gasteiger partial charge in [-0.05, 0) is 48.6 Å². The van der Waals surface area contributed by atoms with E-state index in [4.69, 9.17) is 0 Å². The van der Waals surface area contributed by atoms with E-state index in [1.54, 1.807) is 6.07 Å². The average molecular weight is 429 g/mol. The molecule has 1 aliphatic carbocycles. The number of piperazine rings is 1. The molecule has 1 N–H and O–H groups in total. The molecule has 1 saturated heterocycles. The molecule has 0 aromatic heterocycles. The van der Waals surface area contributed by atoms with Crippen molar-refractivity contribution in [1.82, 2.24) is 10.2 Å². The van der Waals surface area contributed by atoms with Crippen LogP contribution in [0.4, 0.5) is 18.9 Å². The first-order valence-corrected chi connectivity index (χ1v) is 10.9. The summed E-state index contributed by atoms with van der Waals surface area (Å²) in [5.74, 6) is -0.378. The van der Waals surface area contributed by atoms with Crippen LogP contribution in [0.15, 0.2) is 48.5 Å². The molecule has 5 rings (SSSR count). The van der Waals surface area contributed by atoms with Gasteiger partial charge in [0.05, 0.1) is 17.5 Å². The molecule has 0 radical (unpaired) electrons. The molecule has 2 atom stereocenters. The van der Waals surface area contributed by atoms with Gasteiger partial charge in [0, 0.05) is 37.9 Å².